The zero-order chi connectivity index (χ0) is 28.1. The number of hydrogen-bond donors (Lipinski definition) is 0. The molecule has 1 aromatic carbocycles. The first kappa shape index (κ1) is 31.1. The average Bonchev–Trinajstić information content (AvgIpc) is 3.23. The Morgan fingerprint density at radius 3 is 2.51 bits per heavy atom. The SMILES string of the molecule is CC(C)CCC[C@@H](C)[C@H]1CCC2C3CC=C4C[C@@H](OC(=O)c5cc(I)cc(I)c5I)CC[C@]4(C)C3CC[C@@]21C. The third-order valence-corrected chi connectivity index (χ3v) is 15.4. The highest BCUT2D eigenvalue weighted by Crippen LogP contribution is 2.67. The van der Waals surface area contributed by atoms with E-state index in [1.165, 1.54) is 51.4 Å². The van der Waals surface area contributed by atoms with Gasteiger partial charge in [0.1, 0.15) is 6.10 Å². The zero-order valence-corrected chi connectivity index (χ0v) is 31.0. The van der Waals surface area contributed by atoms with Crippen LogP contribution in [-0.2, 0) is 4.74 Å². The predicted octanol–water partition coefficient (Wildman–Crippen LogP) is 11.1. The third kappa shape index (κ3) is 6.04. The number of carbonyl (C=O) groups is 1. The number of rotatable bonds is 7. The van der Waals surface area contributed by atoms with Gasteiger partial charge in [0.15, 0.2) is 0 Å². The summed E-state index contributed by atoms with van der Waals surface area (Å²) in [6.45, 7) is 12.6. The van der Waals surface area contributed by atoms with Crippen molar-refractivity contribution in [1.29, 1.82) is 0 Å². The molecule has 5 rings (SSSR count). The molecule has 0 aromatic heterocycles. The number of fused-ring (bicyclic) bond motifs is 5. The number of halogens is 3. The molecule has 3 unspecified atom stereocenters. The lowest BCUT2D eigenvalue weighted by molar-refractivity contribution is -0.0594. The minimum Gasteiger partial charge on any atom is -0.458 e. The van der Waals surface area contributed by atoms with E-state index in [-0.39, 0.29) is 12.1 Å². The lowest BCUT2D eigenvalue weighted by Crippen LogP contribution is -2.51. The van der Waals surface area contributed by atoms with E-state index in [9.17, 15) is 4.79 Å². The van der Waals surface area contributed by atoms with Crippen molar-refractivity contribution in [2.24, 2.45) is 46.3 Å². The molecular formula is C34H47I3O2. The fourth-order valence-electron chi connectivity index (χ4n) is 9.67. The Labute approximate surface area is 278 Å². The Balaban J connectivity index is 1.26. The maximum absolute atomic E-state index is 13.2. The van der Waals surface area contributed by atoms with Gasteiger partial charge in [-0.05, 0) is 171 Å². The van der Waals surface area contributed by atoms with Crippen LogP contribution in [0.3, 0.4) is 0 Å². The van der Waals surface area contributed by atoms with Gasteiger partial charge in [0.2, 0.25) is 0 Å². The second kappa shape index (κ2) is 12.3. The summed E-state index contributed by atoms with van der Waals surface area (Å²) < 4.78 is 9.39. The predicted molar refractivity (Wildman–Crippen MR) is 187 cm³/mol. The molecule has 0 spiro atoms. The van der Waals surface area contributed by atoms with E-state index in [1.54, 1.807) is 5.57 Å². The Morgan fingerprint density at radius 2 is 1.77 bits per heavy atom. The summed E-state index contributed by atoms with van der Waals surface area (Å²) in [7, 11) is 0. The molecule has 216 valence electrons. The van der Waals surface area contributed by atoms with Gasteiger partial charge in [-0.2, -0.15) is 0 Å². The van der Waals surface area contributed by atoms with Crippen LogP contribution >= 0.6 is 67.8 Å². The van der Waals surface area contributed by atoms with Crippen molar-refractivity contribution in [3.8, 4) is 0 Å². The minimum atomic E-state index is -0.147. The number of ether oxygens (including phenoxy) is 1. The Hall–Kier alpha value is 0.620. The maximum atomic E-state index is 13.2. The number of hydrogen-bond acceptors (Lipinski definition) is 2. The second-order valence-corrected chi connectivity index (χ2v) is 17.8. The zero-order valence-electron chi connectivity index (χ0n) is 24.5. The van der Waals surface area contributed by atoms with Gasteiger partial charge in [0.05, 0.1) is 5.56 Å². The first-order valence-electron chi connectivity index (χ1n) is 15.5. The van der Waals surface area contributed by atoms with Crippen LogP contribution in [0.15, 0.2) is 23.8 Å². The van der Waals surface area contributed by atoms with Crippen LogP contribution in [0.4, 0.5) is 0 Å². The fourth-order valence-corrected chi connectivity index (χ4v) is 12.0. The Bertz CT molecular complexity index is 1110. The van der Waals surface area contributed by atoms with E-state index in [2.05, 4.69) is 115 Å². The Morgan fingerprint density at radius 1 is 1.00 bits per heavy atom. The van der Waals surface area contributed by atoms with Crippen molar-refractivity contribution in [2.75, 3.05) is 0 Å². The fraction of sp³-hybridized carbons (Fsp3) is 0.735. The molecule has 3 fully saturated rings. The molecule has 3 saturated carbocycles. The molecule has 0 amide bonds. The first-order chi connectivity index (χ1) is 18.4. The number of esters is 1. The smallest absolute Gasteiger partial charge is 0.339 e. The minimum absolute atomic E-state index is 0.0103. The first-order valence-corrected chi connectivity index (χ1v) is 18.7. The van der Waals surface area contributed by atoms with Crippen molar-refractivity contribution in [3.05, 3.63) is 40.1 Å². The maximum Gasteiger partial charge on any atom is 0.339 e. The molecule has 0 saturated heterocycles. The van der Waals surface area contributed by atoms with Crippen LogP contribution < -0.4 is 0 Å². The van der Waals surface area contributed by atoms with Gasteiger partial charge < -0.3 is 4.74 Å². The molecule has 8 atom stereocenters. The van der Waals surface area contributed by atoms with E-state index >= 15 is 0 Å². The van der Waals surface area contributed by atoms with Crippen LogP contribution in [0.25, 0.3) is 0 Å². The summed E-state index contributed by atoms with van der Waals surface area (Å²) in [5, 5.41) is 0. The van der Waals surface area contributed by atoms with Crippen molar-refractivity contribution in [3.63, 3.8) is 0 Å². The highest BCUT2D eigenvalue weighted by molar-refractivity contribution is 14.1. The van der Waals surface area contributed by atoms with Crippen LogP contribution in [0.1, 0.15) is 116 Å². The summed E-state index contributed by atoms with van der Waals surface area (Å²) in [5.74, 6) is 5.01. The van der Waals surface area contributed by atoms with Gasteiger partial charge in [-0.3, -0.25) is 0 Å². The summed E-state index contributed by atoms with van der Waals surface area (Å²) in [5.41, 5.74) is 3.15. The quantitative estimate of drug-likeness (QED) is 0.118. The van der Waals surface area contributed by atoms with E-state index < -0.39 is 0 Å². The number of benzene rings is 1. The van der Waals surface area contributed by atoms with Crippen LogP contribution in [0.2, 0.25) is 0 Å². The van der Waals surface area contributed by atoms with Gasteiger partial charge >= 0.3 is 5.97 Å². The van der Waals surface area contributed by atoms with Gasteiger partial charge in [-0.1, -0.05) is 65.5 Å². The number of carbonyl (C=O) groups excluding carboxylic acids is 1. The molecule has 4 aliphatic rings. The molecule has 39 heavy (non-hydrogen) atoms. The topological polar surface area (TPSA) is 26.3 Å². The van der Waals surface area contributed by atoms with Gasteiger partial charge in [-0.25, -0.2) is 4.79 Å². The summed E-state index contributed by atoms with van der Waals surface area (Å²) in [6.07, 6.45) is 16.9. The molecule has 0 bridgehead atoms. The van der Waals surface area contributed by atoms with Crippen molar-refractivity contribution in [2.45, 2.75) is 111 Å². The third-order valence-electron chi connectivity index (χ3n) is 11.7. The van der Waals surface area contributed by atoms with Crippen LogP contribution in [0, 0.1) is 57.0 Å². The summed E-state index contributed by atoms with van der Waals surface area (Å²) in [4.78, 5) is 13.2. The number of allylic oxidation sites excluding steroid dienone is 1. The molecule has 0 radical (unpaired) electrons. The van der Waals surface area contributed by atoms with Gasteiger partial charge in [-0.15, -0.1) is 0 Å². The molecule has 2 nitrogen and oxygen atoms in total. The molecule has 1 aromatic rings. The standard InChI is InChI=1S/C34H47I3O2/c1-20(2)7-6-8-21(3)27-11-12-28-25-10-9-22-17-24(13-15-33(22,4)29(25)14-16-34(27,28)5)39-32(38)26-18-23(35)19-30(36)31(26)37/h9,18-21,24-25,27-29H,6-8,10-17H2,1-5H3/t21-,24+,25?,27-,28?,29?,33+,34-/m1/s1. The van der Waals surface area contributed by atoms with Gasteiger partial charge in [0.25, 0.3) is 0 Å². The van der Waals surface area contributed by atoms with Gasteiger partial charge in [0, 0.05) is 17.1 Å². The summed E-state index contributed by atoms with van der Waals surface area (Å²) >= 11 is 6.90. The lowest BCUT2D eigenvalue weighted by Gasteiger charge is -2.58. The van der Waals surface area contributed by atoms with E-state index in [4.69, 9.17) is 4.74 Å². The highest BCUT2D eigenvalue weighted by atomic mass is 127. The van der Waals surface area contributed by atoms with E-state index in [1.807, 2.05) is 6.07 Å². The van der Waals surface area contributed by atoms with Crippen molar-refractivity contribution in [1.82, 2.24) is 0 Å². The largest absolute Gasteiger partial charge is 0.458 e. The summed E-state index contributed by atoms with van der Waals surface area (Å²) in [6, 6.07) is 4.09. The molecule has 5 heteroatoms. The van der Waals surface area contributed by atoms with Crippen molar-refractivity contribution >= 4 is 73.7 Å². The second-order valence-electron chi connectivity index (χ2n) is 14.3. The highest BCUT2D eigenvalue weighted by Gasteiger charge is 2.59. The van der Waals surface area contributed by atoms with Crippen molar-refractivity contribution < 1.29 is 9.53 Å². The van der Waals surface area contributed by atoms with Crippen LogP contribution in [0.5, 0.6) is 0 Å². The lowest BCUT2D eigenvalue weighted by atomic mass is 9.47. The molecule has 4 aliphatic carbocycles. The normalized spacial score (nSPS) is 36.5. The monoisotopic (exact) mass is 868 g/mol. The molecule has 0 aliphatic heterocycles. The molecule has 0 N–H and O–H groups in total. The Kier molecular flexibility index (Phi) is 9.81. The van der Waals surface area contributed by atoms with E-state index in [0.29, 0.717) is 10.8 Å². The molecule has 0 heterocycles. The van der Waals surface area contributed by atoms with Crippen LogP contribution in [-0.4, -0.2) is 12.1 Å². The molecular weight excluding hydrogens is 821 g/mol. The average molecular weight is 868 g/mol. The van der Waals surface area contributed by atoms with E-state index in [0.717, 1.165) is 71.0 Å².